The van der Waals surface area contributed by atoms with E-state index in [0.717, 1.165) is 18.2 Å². The summed E-state index contributed by atoms with van der Waals surface area (Å²) >= 11 is 0. The molecule has 0 bridgehead atoms. The molecule has 162 valence electrons. The van der Waals surface area contributed by atoms with Crippen LogP contribution in [0.1, 0.15) is 51.6 Å². The van der Waals surface area contributed by atoms with Gasteiger partial charge in [-0.05, 0) is 63.6 Å². The second-order valence-electron chi connectivity index (χ2n) is 9.47. The number of hydrogen-bond acceptors (Lipinski definition) is 4. The van der Waals surface area contributed by atoms with Crippen LogP contribution in [0.3, 0.4) is 0 Å². The second kappa shape index (κ2) is 7.63. The van der Waals surface area contributed by atoms with Crippen LogP contribution in [-0.2, 0) is 9.53 Å². The maximum absolute atomic E-state index is 14.2. The molecule has 30 heavy (non-hydrogen) atoms. The van der Waals surface area contributed by atoms with Crippen molar-refractivity contribution in [1.82, 2.24) is 9.91 Å². The molecular weight excluding hydrogens is 392 g/mol. The fraction of sp³-hybridized carbons (Fsp3) is 0.591. The number of rotatable bonds is 2. The zero-order chi connectivity index (χ0) is 21.6. The van der Waals surface area contributed by atoms with Crippen LogP contribution in [0, 0.1) is 29.4 Å². The molecule has 2 aliphatic heterocycles. The first-order valence-electron chi connectivity index (χ1n) is 10.4. The number of carbonyl (C=O) groups excluding carboxylic acids is 2. The maximum Gasteiger partial charge on any atom is 0.410 e. The molecule has 0 radical (unpaired) electrons. The van der Waals surface area contributed by atoms with E-state index in [2.05, 4.69) is 5.10 Å². The van der Waals surface area contributed by atoms with E-state index in [9.17, 15) is 18.4 Å². The maximum atomic E-state index is 14.2. The minimum absolute atomic E-state index is 0.148. The Labute approximate surface area is 174 Å². The Bertz CT molecular complexity index is 869. The van der Waals surface area contributed by atoms with Crippen molar-refractivity contribution in [2.75, 3.05) is 13.1 Å². The Morgan fingerprint density at radius 3 is 2.43 bits per heavy atom. The molecule has 2 amide bonds. The van der Waals surface area contributed by atoms with Crippen LogP contribution in [0.5, 0.6) is 0 Å². The van der Waals surface area contributed by atoms with Gasteiger partial charge < -0.3 is 9.64 Å². The van der Waals surface area contributed by atoms with Gasteiger partial charge in [-0.2, -0.15) is 5.10 Å². The number of hydrogen-bond donors (Lipinski definition) is 0. The van der Waals surface area contributed by atoms with Gasteiger partial charge in [-0.25, -0.2) is 18.6 Å². The molecule has 8 heteroatoms. The number of hydrazone groups is 1. The summed E-state index contributed by atoms with van der Waals surface area (Å²) in [5.74, 6) is -0.986. The Balaban J connectivity index is 1.40. The second-order valence-corrected chi connectivity index (χ2v) is 9.47. The predicted molar refractivity (Wildman–Crippen MR) is 107 cm³/mol. The molecule has 3 aliphatic rings. The molecule has 0 N–H and O–H groups in total. The lowest BCUT2D eigenvalue weighted by molar-refractivity contribution is -0.137. The molecule has 0 aromatic heterocycles. The van der Waals surface area contributed by atoms with Crippen LogP contribution in [-0.4, -0.2) is 46.8 Å². The number of likely N-dealkylation sites (tertiary alicyclic amines) is 1. The van der Waals surface area contributed by atoms with E-state index >= 15 is 0 Å². The average Bonchev–Trinajstić information content (AvgIpc) is 3.35. The van der Waals surface area contributed by atoms with Crippen LogP contribution in [0.15, 0.2) is 23.3 Å². The Hall–Kier alpha value is -2.51. The molecule has 4 atom stereocenters. The Kier molecular flexibility index (Phi) is 5.28. The van der Waals surface area contributed by atoms with Gasteiger partial charge in [-0.1, -0.05) is 0 Å². The summed E-state index contributed by atoms with van der Waals surface area (Å²) in [6.45, 7) is 6.67. The molecule has 4 rings (SSSR count). The van der Waals surface area contributed by atoms with Crippen molar-refractivity contribution < 1.29 is 23.1 Å². The normalized spacial score (nSPS) is 28.2. The summed E-state index contributed by atoms with van der Waals surface area (Å²) in [6.07, 6.45) is 2.94. The largest absolute Gasteiger partial charge is 0.444 e. The number of carbonyl (C=O) groups is 2. The van der Waals surface area contributed by atoms with Crippen LogP contribution in [0.4, 0.5) is 13.6 Å². The topological polar surface area (TPSA) is 62.2 Å². The molecule has 0 spiro atoms. The van der Waals surface area contributed by atoms with E-state index in [1.54, 1.807) is 11.1 Å². The summed E-state index contributed by atoms with van der Waals surface area (Å²) < 4.78 is 33.3. The molecule has 2 fully saturated rings. The van der Waals surface area contributed by atoms with Gasteiger partial charge in [-0.3, -0.25) is 4.79 Å². The summed E-state index contributed by atoms with van der Waals surface area (Å²) in [4.78, 5) is 27.2. The van der Waals surface area contributed by atoms with Gasteiger partial charge in [0, 0.05) is 37.2 Å². The first kappa shape index (κ1) is 20.8. The molecule has 2 unspecified atom stereocenters. The smallest absolute Gasteiger partial charge is 0.410 e. The van der Waals surface area contributed by atoms with Crippen LogP contribution < -0.4 is 0 Å². The van der Waals surface area contributed by atoms with Gasteiger partial charge in [0.2, 0.25) is 5.91 Å². The quantitative estimate of drug-likeness (QED) is 0.725. The number of fused-ring (bicyclic) bond motifs is 1. The van der Waals surface area contributed by atoms with Gasteiger partial charge in [0.15, 0.2) is 0 Å². The zero-order valence-corrected chi connectivity index (χ0v) is 17.5. The van der Waals surface area contributed by atoms with Gasteiger partial charge in [0.05, 0.1) is 6.04 Å². The van der Waals surface area contributed by atoms with Crippen molar-refractivity contribution in [3.63, 3.8) is 0 Å². The third kappa shape index (κ3) is 4.04. The Morgan fingerprint density at radius 1 is 1.13 bits per heavy atom. The van der Waals surface area contributed by atoms with E-state index in [1.165, 1.54) is 5.01 Å². The van der Waals surface area contributed by atoms with Crippen molar-refractivity contribution in [3.8, 4) is 0 Å². The van der Waals surface area contributed by atoms with Crippen molar-refractivity contribution in [2.24, 2.45) is 22.9 Å². The van der Waals surface area contributed by atoms with Crippen molar-refractivity contribution in [2.45, 2.75) is 51.7 Å². The monoisotopic (exact) mass is 419 g/mol. The highest BCUT2D eigenvalue weighted by atomic mass is 19.1. The highest BCUT2D eigenvalue weighted by Crippen LogP contribution is 2.44. The van der Waals surface area contributed by atoms with E-state index in [-0.39, 0.29) is 35.3 Å². The van der Waals surface area contributed by atoms with Crippen LogP contribution in [0.25, 0.3) is 0 Å². The third-order valence-corrected chi connectivity index (χ3v) is 6.12. The number of halogens is 2. The predicted octanol–water partition coefficient (Wildman–Crippen LogP) is 4.12. The number of nitrogens with zero attached hydrogens (tertiary/aromatic N) is 3. The summed E-state index contributed by atoms with van der Waals surface area (Å²) in [5, 5.41) is 5.49. The van der Waals surface area contributed by atoms with E-state index in [0.29, 0.717) is 32.4 Å². The number of amides is 2. The lowest BCUT2D eigenvalue weighted by Gasteiger charge is -2.27. The highest BCUT2D eigenvalue weighted by molar-refractivity contribution is 5.82. The zero-order valence-electron chi connectivity index (χ0n) is 17.5. The molecule has 2 heterocycles. The van der Waals surface area contributed by atoms with Crippen molar-refractivity contribution in [3.05, 3.63) is 35.4 Å². The standard InChI is InChI=1S/C22H27F2N3O3/c1-22(2,3)30-21(29)26-11-14-8-13(9-15(14)12-26)20(28)27-19(6-7-25-27)17-10-16(23)4-5-18(17)24/h4-5,7,10,13-15,19H,6,8-9,11-12H2,1-3H3/t13?,14-,15+,19?. The van der Waals surface area contributed by atoms with Gasteiger partial charge in [-0.15, -0.1) is 0 Å². The first-order chi connectivity index (χ1) is 14.1. The third-order valence-electron chi connectivity index (χ3n) is 6.12. The lowest BCUT2D eigenvalue weighted by Crippen LogP contribution is -2.37. The Morgan fingerprint density at radius 2 is 1.80 bits per heavy atom. The molecule has 1 aromatic carbocycles. The fourth-order valence-corrected chi connectivity index (χ4v) is 4.82. The van der Waals surface area contributed by atoms with Crippen LogP contribution in [0.2, 0.25) is 0 Å². The average molecular weight is 419 g/mol. The molecule has 1 saturated heterocycles. The molecular formula is C22H27F2N3O3. The highest BCUT2D eigenvalue weighted by Gasteiger charge is 2.47. The molecule has 6 nitrogen and oxygen atoms in total. The lowest BCUT2D eigenvalue weighted by atomic mass is 10.00. The molecule has 1 aromatic rings. The minimum Gasteiger partial charge on any atom is -0.444 e. The van der Waals surface area contributed by atoms with Gasteiger partial charge >= 0.3 is 6.09 Å². The van der Waals surface area contributed by atoms with E-state index in [1.807, 2.05) is 20.8 Å². The van der Waals surface area contributed by atoms with Crippen LogP contribution >= 0.6 is 0 Å². The summed E-state index contributed by atoms with van der Waals surface area (Å²) in [5.41, 5.74) is -0.391. The number of benzene rings is 1. The van der Waals surface area contributed by atoms with Gasteiger partial charge in [0.1, 0.15) is 17.2 Å². The summed E-state index contributed by atoms with van der Waals surface area (Å²) in [7, 11) is 0. The van der Waals surface area contributed by atoms with E-state index in [4.69, 9.17) is 4.74 Å². The van der Waals surface area contributed by atoms with Crippen molar-refractivity contribution in [1.29, 1.82) is 0 Å². The van der Waals surface area contributed by atoms with Gasteiger partial charge in [0.25, 0.3) is 0 Å². The first-order valence-corrected chi connectivity index (χ1v) is 10.4. The minimum atomic E-state index is -0.619. The number of ether oxygens (including phenoxy) is 1. The molecule has 1 aliphatic carbocycles. The summed E-state index contributed by atoms with van der Waals surface area (Å²) in [6, 6.07) is 2.66. The SMILES string of the molecule is CC(C)(C)OC(=O)N1C[C@H]2CC(C(=O)N3N=CCC3c3cc(F)ccc3F)C[C@H]2C1. The fourth-order valence-electron chi connectivity index (χ4n) is 4.82. The van der Waals surface area contributed by atoms with Crippen molar-refractivity contribution >= 4 is 18.2 Å². The van der Waals surface area contributed by atoms with E-state index < -0.39 is 23.3 Å². The molecule has 1 saturated carbocycles.